The molecule has 0 aliphatic carbocycles. The third-order valence-electron chi connectivity index (χ3n) is 3.93. The van der Waals surface area contributed by atoms with Crippen LogP contribution in [0.5, 0.6) is 0 Å². The number of nitrogens with one attached hydrogen (secondary N) is 1. The number of carbonyl (C=O) groups excluding carboxylic acids is 1. The lowest BCUT2D eigenvalue weighted by atomic mass is 10.0. The van der Waals surface area contributed by atoms with Gasteiger partial charge in [-0.25, -0.2) is 4.79 Å². The Balaban J connectivity index is 1.85. The highest BCUT2D eigenvalue weighted by Gasteiger charge is 2.27. The number of carbonyl (C=O) groups is 1. The number of urea groups is 1. The Hall–Kier alpha value is -0.810. The highest BCUT2D eigenvalue weighted by Crippen LogP contribution is 2.15. The van der Waals surface area contributed by atoms with Crippen molar-refractivity contribution in [2.75, 3.05) is 53.4 Å². The zero-order valence-corrected chi connectivity index (χ0v) is 11.0. The fourth-order valence-corrected chi connectivity index (χ4v) is 2.62. The second-order valence-corrected chi connectivity index (χ2v) is 5.16. The molecule has 0 saturated carbocycles. The molecule has 2 saturated heterocycles. The summed E-state index contributed by atoms with van der Waals surface area (Å²) in [5, 5.41) is 3.27. The van der Waals surface area contributed by atoms with Crippen LogP contribution >= 0.6 is 0 Å². The highest BCUT2D eigenvalue weighted by molar-refractivity contribution is 5.74. The quantitative estimate of drug-likeness (QED) is 0.703. The molecule has 2 rings (SSSR count). The van der Waals surface area contributed by atoms with E-state index in [0.717, 1.165) is 52.1 Å². The Labute approximate surface area is 104 Å². The molecule has 2 aliphatic heterocycles. The lowest BCUT2D eigenvalue weighted by molar-refractivity contribution is 0.115. The first kappa shape index (κ1) is 12.6. The van der Waals surface area contributed by atoms with Crippen molar-refractivity contribution in [3.8, 4) is 0 Å². The zero-order valence-electron chi connectivity index (χ0n) is 11.0. The molecular weight excluding hydrogens is 216 g/mol. The maximum absolute atomic E-state index is 12.3. The van der Waals surface area contributed by atoms with Crippen LogP contribution in [-0.4, -0.2) is 80.1 Å². The van der Waals surface area contributed by atoms with Crippen molar-refractivity contribution in [2.45, 2.75) is 18.9 Å². The maximum atomic E-state index is 12.3. The summed E-state index contributed by atoms with van der Waals surface area (Å²) in [4.78, 5) is 18.5. The molecule has 0 unspecified atom stereocenters. The molecule has 1 N–H and O–H groups in total. The fraction of sp³-hybridized carbons (Fsp3) is 0.917. The van der Waals surface area contributed by atoms with Crippen LogP contribution in [0.1, 0.15) is 12.8 Å². The average molecular weight is 240 g/mol. The van der Waals surface area contributed by atoms with Crippen LogP contribution in [0.3, 0.4) is 0 Å². The van der Waals surface area contributed by atoms with Crippen LogP contribution in [0.15, 0.2) is 0 Å². The molecule has 2 heterocycles. The van der Waals surface area contributed by atoms with Crippen molar-refractivity contribution in [1.82, 2.24) is 20.0 Å². The topological polar surface area (TPSA) is 38.8 Å². The molecular formula is C12H24N4O. The SMILES string of the molecule is CN1CCC(N(C)C(=O)N2CCNCC2)CC1. The largest absolute Gasteiger partial charge is 0.325 e. The molecule has 0 atom stereocenters. The molecule has 2 fully saturated rings. The minimum absolute atomic E-state index is 0.209. The third-order valence-corrected chi connectivity index (χ3v) is 3.93. The maximum Gasteiger partial charge on any atom is 0.320 e. The lowest BCUT2D eigenvalue weighted by Crippen LogP contribution is -2.54. The second-order valence-electron chi connectivity index (χ2n) is 5.16. The molecule has 98 valence electrons. The molecule has 0 radical (unpaired) electrons. The van der Waals surface area contributed by atoms with Crippen molar-refractivity contribution < 1.29 is 4.79 Å². The molecule has 0 aromatic rings. The molecule has 0 aromatic heterocycles. The van der Waals surface area contributed by atoms with Crippen molar-refractivity contribution in [2.24, 2.45) is 0 Å². The first-order valence-corrected chi connectivity index (χ1v) is 6.59. The Kier molecular flexibility index (Phi) is 4.23. The van der Waals surface area contributed by atoms with E-state index in [0.29, 0.717) is 6.04 Å². The molecule has 2 amide bonds. The van der Waals surface area contributed by atoms with Crippen LogP contribution < -0.4 is 5.32 Å². The van der Waals surface area contributed by atoms with Gasteiger partial charge in [0.2, 0.25) is 0 Å². The van der Waals surface area contributed by atoms with E-state index in [1.165, 1.54) is 0 Å². The second kappa shape index (κ2) is 5.69. The van der Waals surface area contributed by atoms with E-state index in [4.69, 9.17) is 0 Å². The molecule has 5 nitrogen and oxygen atoms in total. The van der Waals surface area contributed by atoms with Crippen molar-refractivity contribution in [1.29, 1.82) is 0 Å². The number of likely N-dealkylation sites (tertiary alicyclic amines) is 1. The molecule has 0 bridgehead atoms. The summed E-state index contributed by atoms with van der Waals surface area (Å²) in [5.41, 5.74) is 0. The number of hydrogen-bond donors (Lipinski definition) is 1. The monoisotopic (exact) mass is 240 g/mol. The Morgan fingerprint density at radius 3 is 2.35 bits per heavy atom. The van der Waals surface area contributed by atoms with E-state index in [9.17, 15) is 4.79 Å². The summed E-state index contributed by atoms with van der Waals surface area (Å²) in [6, 6.07) is 0.634. The highest BCUT2D eigenvalue weighted by atomic mass is 16.2. The van der Waals surface area contributed by atoms with Gasteiger partial charge in [0, 0.05) is 39.3 Å². The molecule has 2 aliphatic rings. The average Bonchev–Trinajstić information content (AvgIpc) is 2.39. The van der Waals surface area contributed by atoms with Gasteiger partial charge >= 0.3 is 6.03 Å². The predicted molar refractivity (Wildman–Crippen MR) is 68.1 cm³/mol. The minimum Gasteiger partial charge on any atom is -0.325 e. The molecule has 0 aromatic carbocycles. The van der Waals surface area contributed by atoms with Gasteiger partial charge in [0.15, 0.2) is 0 Å². The summed E-state index contributed by atoms with van der Waals surface area (Å²) in [5.74, 6) is 0. The number of hydrogen-bond acceptors (Lipinski definition) is 3. The van der Waals surface area contributed by atoms with Crippen molar-refractivity contribution in [3.05, 3.63) is 0 Å². The van der Waals surface area contributed by atoms with Gasteiger partial charge in [-0.05, 0) is 33.0 Å². The summed E-state index contributed by atoms with van der Waals surface area (Å²) >= 11 is 0. The number of amides is 2. The standard InChI is InChI=1S/C12H24N4O/c1-14-7-3-11(4-8-14)15(2)12(17)16-9-5-13-6-10-16/h11,13H,3-10H2,1-2H3. The lowest BCUT2D eigenvalue weighted by Gasteiger charge is -2.38. The van der Waals surface area contributed by atoms with Gasteiger partial charge in [-0.15, -0.1) is 0 Å². The van der Waals surface area contributed by atoms with E-state index in [1.807, 2.05) is 16.8 Å². The van der Waals surface area contributed by atoms with Crippen LogP contribution in [0, 0.1) is 0 Å². The van der Waals surface area contributed by atoms with Gasteiger partial charge < -0.3 is 20.0 Å². The van der Waals surface area contributed by atoms with Crippen LogP contribution in [0.25, 0.3) is 0 Å². The zero-order chi connectivity index (χ0) is 12.3. The van der Waals surface area contributed by atoms with E-state index in [-0.39, 0.29) is 6.03 Å². The van der Waals surface area contributed by atoms with E-state index in [2.05, 4.69) is 17.3 Å². The summed E-state index contributed by atoms with van der Waals surface area (Å²) in [6.07, 6.45) is 2.20. The van der Waals surface area contributed by atoms with Gasteiger partial charge in [0.25, 0.3) is 0 Å². The number of piperazine rings is 1. The minimum atomic E-state index is 0.209. The van der Waals surface area contributed by atoms with Crippen LogP contribution in [-0.2, 0) is 0 Å². The number of piperidine rings is 1. The van der Waals surface area contributed by atoms with Crippen LogP contribution in [0.2, 0.25) is 0 Å². The first-order chi connectivity index (χ1) is 8.18. The summed E-state index contributed by atoms with van der Waals surface area (Å²) in [6.45, 7) is 5.74. The molecule has 5 heteroatoms. The Bertz CT molecular complexity index is 257. The molecule has 0 spiro atoms. The van der Waals surface area contributed by atoms with Gasteiger partial charge in [0.05, 0.1) is 0 Å². The fourth-order valence-electron chi connectivity index (χ4n) is 2.62. The normalized spacial score (nSPS) is 23.8. The van der Waals surface area contributed by atoms with Gasteiger partial charge in [-0.1, -0.05) is 0 Å². The predicted octanol–water partition coefficient (Wildman–Crippen LogP) is 0.0376. The first-order valence-electron chi connectivity index (χ1n) is 6.59. The van der Waals surface area contributed by atoms with Gasteiger partial charge in [0.1, 0.15) is 0 Å². The van der Waals surface area contributed by atoms with Crippen LogP contribution in [0.4, 0.5) is 4.79 Å². The van der Waals surface area contributed by atoms with E-state index < -0.39 is 0 Å². The van der Waals surface area contributed by atoms with E-state index in [1.54, 1.807) is 0 Å². The van der Waals surface area contributed by atoms with Gasteiger partial charge in [-0.3, -0.25) is 0 Å². The Morgan fingerprint density at radius 1 is 1.18 bits per heavy atom. The summed E-state index contributed by atoms with van der Waals surface area (Å²) < 4.78 is 0. The van der Waals surface area contributed by atoms with Crippen molar-refractivity contribution in [3.63, 3.8) is 0 Å². The van der Waals surface area contributed by atoms with Crippen molar-refractivity contribution >= 4 is 6.03 Å². The smallest absolute Gasteiger partial charge is 0.320 e. The third kappa shape index (κ3) is 3.10. The van der Waals surface area contributed by atoms with Gasteiger partial charge in [-0.2, -0.15) is 0 Å². The Morgan fingerprint density at radius 2 is 1.76 bits per heavy atom. The number of rotatable bonds is 1. The molecule has 17 heavy (non-hydrogen) atoms. The summed E-state index contributed by atoms with van der Waals surface area (Å²) in [7, 11) is 4.11. The van der Waals surface area contributed by atoms with E-state index >= 15 is 0 Å². The number of nitrogens with zero attached hydrogens (tertiary/aromatic N) is 3.